The standard InChI is InChI=1S/C18H29NO5/c1-6-10-19-14(20)11-13(12-15(19)21)16(22)24-18(5,7-2)9-8-17(3,4)23/h11,23H,6-10,12H2,1-5H3. The van der Waals surface area contributed by atoms with Crippen LogP contribution in [0.3, 0.4) is 0 Å². The van der Waals surface area contributed by atoms with Crippen LogP contribution in [0.1, 0.15) is 66.7 Å². The van der Waals surface area contributed by atoms with Crippen LogP contribution in [0, 0.1) is 0 Å². The van der Waals surface area contributed by atoms with Crippen molar-refractivity contribution in [2.24, 2.45) is 0 Å². The minimum atomic E-state index is -0.848. The molecule has 0 aromatic carbocycles. The van der Waals surface area contributed by atoms with Gasteiger partial charge in [0.1, 0.15) is 5.60 Å². The van der Waals surface area contributed by atoms with E-state index in [1.807, 2.05) is 13.8 Å². The Balaban J connectivity index is 2.80. The fraction of sp³-hybridized carbons (Fsp3) is 0.722. The summed E-state index contributed by atoms with van der Waals surface area (Å²) in [5.74, 6) is -1.46. The van der Waals surface area contributed by atoms with Gasteiger partial charge < -0.3 is 9.84 Å². The summed E-state index contributed by atoms with van der Waals surface area (Å²) in [6.45, 7) is 9.33. The average Bonchev–Trinajstić information content (AvgIpc) is 2.48. The van der Waals surface area contributed by atoms with Crippen LogP contribution in [-0.4, -0.2) is 45.5 Å². The summed E-state index contributed by atoms with van der Waals surface area (Å²) >= 11 is 0. The number of ether oxygens (including phenoxy) is 1. The maximum absolute atomic E-state index is 12.4. The number of aliphatic hydroxyl groups is 1. The average molecular weight is 339 g/mol. The number of rotatable bonds is 8. The van der Waals surface area contributed by atoms with E-state index in [-0.39, 0.29) is 17.9 Å². The first-order valence-corrected chi connectivity index (χ1v) is 8.52. The minimum Gasteiger partial charge on any atom is -0.456 e. The van der Waals surface area contributed by atoms with Gasteiger partial charge in [-0.25, -0.2) is 4.79 Å². The van der Waals surface area contributed by atoms with E-state index >= 15 is 0 Å². The summed E-state index contributed by atoms with van der Waals surface area (Å²) in [6, 6.07) is 0. The Hall–Kier alpha value is -1.69. The molecule has 1 unspecified atom stereocenters. The fourth-order valence-corrected chi connectivity index (χ4v) is 2.41. The number of amides is 2. The van der Waals surface area contributed by atoms with E-state index in [4.69, 9.17) is 4.74 Å². The molecule has 1 aliphatic rings. The zero-order chi connectivity index (χ0) is 18.5. The predicted octanol–water partition coefficient (Wildman–Crippen LogP) is 2.34. The van der Waals surface area contributed by atoms with Crippen molar-refractivity contribution in [3.05, 3.63) is 11.6 Å². The second-order valence-electron chi connectivity index (χ2n) is 7.24. The lowest BCUT2D eigenvalue weighted by Crippen LogP contribution is -2.41. The zero-order valence-electron chi connectivity index (χ0n) is 15.3. The molecule has 2 amide bonds. The number of hydrogen-bond acceptors (Lipinski definition) is 5. The molecule has 0 saturated heterocycles. The van der Waals surface area contributed by atoms with Crippen LogP contribution < -0.4 is 0 Å². The van der Waals surface area contributed by atoms with Crippen molar-refractivity contribution >= 4 is 17.8 Å². The van der Waals surface area contributed by atoms with Crippen LogP contribution in [-0.2, 0) is 19.1 Å². The first-order valence-electron chi connectivity index (χ1n) is 8.52. The van der Waals surface area contributed by atoms with Crippen molar-refractivity contribution in [1.82, 2.24) is 4.90 Å². The molecular weight excluding hydrogens is 310 g/mol. The van der Waals surface area contributed by atoms with Gasteiger partial charge in [0, 0.05) is 12.6 Å². The molecule has 6 nitrogen and oxygen atoms in total. The smallest absolute Gasteiger partial charge is 0.335 e. The van der Waals surface area contributed by atoms with Crippen LogP contribution in [0.4, 0.5) is 0 Å². The molecule has 1 aliphatic heterocycles. The lowest BCUT2D eigenvalue weighted by Gasteiger charge is -2.32. The molecule has 0 aromatic rings. The lowest BCUT2D eigenvalue weighted by molar-refractivity contribution is -0.157. The summed E-state index contributed by atoms with van der Waals surface area (Å²) in [5.41, 5.74) is -1.50. The molecule has 6 heteroatoms. The second-order valence-corrected chi connectivity index (χ2v) is 7.24. The number of carbonyl (C=O) groups excluding carboxylic acids is 3. The summed E-state index contributed by atoms with van der Waals surface area (Å²) in [6.07, 6.45) is 3.31. The molecule has 0 radical (unpaired) electrons. The summed E-state index contributed by atoms with van der Waals surface area (Å²) in [4.78, 5) is 37.5. The van der Waals surface area contributed by atoms with Crippen LogP contribution >= 0.6 is 0 Å². The van der Waals surface area contributed by atoms with Gasteiger partial charge in [-0.2, -0.15) is 0 Å². The van der Waals surface area contributed by atoms with Crippen LogP contribution in [0.25, 0.3) is 0 Å². The number of nitrogens with zero attached hydrogens (tertiary/aromatic N) is 1. The minimum absolute atomic E-state index is 0.0975. The quantitative estimate of drug-likeness (QED) is 0.542. The maximum atomic E-state index is 12.4. The van der Waals surface area contributed by atoms with Crippen molar-refractivity contribution in [1.29, 1.82) is 0 Å². The van der Waals surface area contributed by atoms with E-state index in [2.05, 4.69) is 0 Å². The van der Waals surface area contributed by atoms with Crippen LogP contribution in [0.15, 0.2) is 11.6 Å². The Morgan fingerprint density at radius 3 is 2.33 bits per heavy atom. The van der Waals surface area contributed by atoms with E-state index in [1.165, 1.54) is 6.08 Å². The van der Waals surface area contributed by atoms with Crippen molar-refractivity contribution < 1.29 is 24.2 Å². The molecule has 0 fully saturated rings. The number of hydrogen-bond donors (Lipinski definition) is 1. The van der Waals surface area contributed by atoms with Crippen molar-refractivity contribution in [2.75, 3.05) is 6.54 Å². The first-order chi connectivity index (χ1) is 11.0. The van der Waals surface area contributed by atoms with Gasteiger partial charge in [0.2, 0.25) is 5.91 Å². The molecule has 1 heterocycles. The summed E-state index contributed by atoms with van der Waals surface area (Å²) in [7, 11) is 0. The number of imide groups is 1. The molecular formula is C18H29NO5. The molecule has 0 aliphatic carbocycles. The Morgan fingerprint density at radius 1 is 1.25 bits per heavy atom. The van der Waals surface area contributed by atoms with Gasteiger partial charge in [-0.05, 0) is 46.5 Å². The van der Waals surface area contributed by atoms with Crippen molar-refractivity contribution in [3.8, 4) is 0 Å². The van der Waals surface area contributed by atoms with Gasteiger partial charge in [-0.1, -0.05) is 13.8 Å². The van der Waals surface area contributed by atoms with Gasteiger partial charge in [0.25, 0.3) is 5.91 Å². The van der Waals surface area contributed by atoms with E-state index in [0.717, 1.165) is 4.90 Å². The highest BCUT2D eigenvalue weighted by atomic mass is 16.6. The van der Waals surface area contributed by atoms with Crippen molar-refractivity contribution in [3.63, 3.8) is 0 Å². The Bertz CT molecular complexity index is 532. The van der Waals surface area contributed by atoms with Gasteiger partial charge in [-0.3, -0.25) is 14.5 Å². The molecule has 1 N–H and O–H groups in total. The highest BCUT2D eigenvalue weighted by Gasteiger charge is 2.34. The predicted molar refractivity (Wildman–Crippen MR) is 90.0 cm³/mol. The van der Waals surface area contributed by atoms with Gasteiger partial charge in [0.15, 0.2) is 0 Å². The Morgan fingerprint density at radius 2 is 1.88 bits per heavy atom. The Labute approximate surface area is 143 Å². The van der Waals surface area contributed by atoms with E-state index < -0.39 is 23.1 Å². The number of esters is 1. The Kier molecular flexibility index (Phi) is 6.72. The van der Waals surface area contributed by atoms with E-state index in [1.54, 1.807) is 20.8 Å². The summed E-state index contributed by atoms with van der Waals surface area (Å²) < 4.78 is 5.57. The van der Waals surface area contributed by atoms with E-state index in [0.29, 0.717) is 32.2 Å². The molecule has 24 heavy (non-hydrogen) atoms. The normalized spacial score (nSPS) is 18.2. The molecule has 0 spiro atoms. The number of carbonyl (C=O) groups is 3. The first kappa shape index (κ1) is 20.4. The molecule has 0 aromatic heterocycles. The molecule has 1 rings (SSSR count). The third-order valence-corrected chi connectivity index (χ3v) is 4.27. The molecule has 136 valence electrons. The monoisotopic (exact) mass is 339 g/mol. The van der Waals surface area contributed by atoms with Crippen molar-refractivity contribution in [2.45, 2.75) is 77.9 Å². The highest BCUT2D eigenvalue weighted by Crippen LogP contribution is 2.28. The lowest BCUT2D eigenvalue weighted by atomic mass is 9.90. The van der Waals surface area contributed by atoms with Gasteiger partial charge in [-0.15, -0.1) is 0 Å². The SMILES string of the molecule is CCCN1C(=O)C=C(C(=O)OC(C)(CC)CCC(C)(C)O)CC1=O. The van der Waals surface area contributed by atoms with Crippen LogP contribution in [0.5, 0.6) is 0 Å². The van der Waals surface area contributed by atoms with E-state index in [9.17, 15) is 19.5 Å². The summed E-state index contributed by atoms with van der Waals surface area (Å²) in [5, 5.41) is 9.86. The zero-order valence-corrected chi connectivity index (χ0v) is 15.3. The van der Waals surface area contributed by atoms with Gasteiger partial charge in [0.05, 0.1) is 17.6 Å². The largest absolute Gasteiger partial charge is 0.456 e. The second kappa shape index (κ2) is 7.92. The molecule has 0 saturated carbocycles. The van der Waals surface area contributed by atoms with Gasteiger partial charge >= 0.3 is 5.97 Å². The molecule has 0 bridgehead atoms. The van der Waals surface area contributed by atoms with Crippen LogP contribution in [0.2, 0.25) is 0 Å². The third-order valence-electron chi connectivity index (χ3n) is 4.27. The topological polar surface area (TPSA) is 83.9 Å². The fourth-order valence-electron chi connectivity index (χ4n) is 2.41. The molecule has 1 atom stereocenters. The highest BCUT2D eigenvalue weighted by molar-refractivity contribution is 6.11. The maximum Gasteiger partial charge on any atom is 0.335 e. The third kappa shape index (κ3) is 5.74.